The van der Waals surface area contributed by atoms with E-state index in [9.17, 15) is 4.79 Å². The topological polar surface area (TPSA) is 47.0 Å². The molecule has 0 aliphatic carbocycles. The highest BCUT2D eigenvalue weighted by Crippen LogP contribution is 2.12. The molecule has 102 valence electrons. The molecule has 0 aliphatic heterocycles. The average Bonchev–Trinajstić information content (AvgIpc) is 2.73. The van der Waals surface area contributed by atoms with Crippen molar-refractivity contribution >= 4 is 0 Å². The first-order chi connectivity index (χ1) is 9.26. The van der Waals surface area contributed by atoms with E-state index in [-0.39, 0.29) is 5.69 Å². The second-order valence-electron chi connectivity index (χ2n) is 4.42. The van der Waals surface area contributed by atoms with Crippen LogP contribution in [0.2, 0.25) is 0 Å². The molecule has 0 saturated heterocycles. The molecule has 0 saturated carbocycles. The van der Waals surface area contributed by atoms with Gasteiger partial charge < -0.3 is 9.72 Å². The van der Waals surface area contributed by atoms with Gasteiger partial charge in [0.1, 0.15) is 6.73 Å². The number of aryl methyl sites for hydroxylation is 1. The second-order valence-corrected chi connectivity index (χ2v) is 4.42. The van der Waals surface area contributed by atoms with Gasteiger partial charge in [0.2, 0.25) is 0 Å². The Morgan fingerprint density at radius 1 is 1.21 bits per heavy atom. The lowest BCUT2D eigenvalue weighted by Crippen LogP contribution is -2.20. The van der Waals surface area contributed by atoms with Gasteiger partial charge in [-0.2, -0.15) is 0 Å². The lowest BCUT2D eigenvalue weighted by Gasteiger charge is -2.09. The summed E-state index contributed by atoms with van der Waals surface area (Å²) in [6.07, 6.45) is 1.56. The third kappa shape index (κ3) is 3.15. The number of imidazole rings is 1. The standard InChI is InChI=1S/C15H20N2O2/c1-3-13-14(10-12-8-6-5-7-9-12)17(11-19-4-2)15(18)16-13/h5-9H,3-4,10-11H2,1-2H3,(H,16,18). The first kappa shape index (κ1) is 13.6. The number of rotatable bonds is 6. The van der Waals surface area contributed by atoms with E-state index < -0.39 is 0 Å². The van der Waals surface area contributed by atoms with Gasteiger partial charge in [0, 0.05) is 24.4 Å². The van der Waals surface area contributed by atoms with Crippen LogP contribution in [0.25, 0.3) is 0 Å². The zero-order valence-electron chi connectivity index (χ0n) is 11.5. The summed E-state index contributed by atoms with van der Waals surface area (Å²) in [5.74, 6) is 0. The number of nitrogens with one attached hydrogen (secondary N) is 1. The van der Waals surface area contributed by atoms with Crippen LogP contribution in [0.5, 0.6) is 0 Å². The molecule has 0 bridgehead atoms. The Balaban J connectivity index is 2.33. The van der Waals surface area contributed by atoms with Gasteiger partial charge in [-0.1, -0.05) is 37.3 Å². The van der Waals surface area contributed by atoms with Crippen LogP contribution in [0, 0.1) is 0 Å². The van der Waals surface area contributed by atoms with E-state index >= 15 is 0 Å². The van der Waals surface area contributed by atoms with Crippen molar-refractivity contribution in [3.8, 4) is 0 Å². The second kappa shape index (κ2) is 6.38. The average molecular weight is 260 g/mol. The summed E-state index contributed by atoms with van der Waals surface area (Å²) >= 11 is 0. The number of benzene rings is 1. The zero-order chi connectivity index (χ0) is 13.7. The van der Waals surface area contributed by atoms with Crippen LogP contribution in [0.15, 0.2) is 35.1 Å². The number of hydrogen-bond donors (Lipinski definition) is 1. The van der Waals surface area contributed by atoms with Gasteiger partial charge in [-0.25, -0.2) is 4.79 Å². The van der Waals surface area contributed by atoms with E-state index in [1.54, 1.807) is 4.57 Å². The van der Waals surface area contributed by atoms with Gasteiger partial charge in [-0.3, -0.25) is 4.57 Å². The summed E-state index contributed by atoms with van der Waals surface area (Å²) in [5, 5.41) is 0. The van der Waals surface area contributed by atoms with Crippen LogP contribution in [-0.4, -0.2) is 16.2 Å². The Hall–Kier alpha value is -1.81. The summed E-state index contributed by atoms with van der Waals surface area (Å²) in [6, 6.07) is 10.2. The number of H-pyrrole nitrogens is 1. The van der Waals surface area contributed by atoms with Crippen LogP contribution in [0.3, 0.4) is 0 Å². The molecular formula is C15H20N2O2. The van der Waals surface area contributed by atoms with Crippen molar-refractivity contribution in [1.82, 2.24) is 9.55 Å². The molecule has 0 atom stereocenters. The van der Waals surface area contributed by atoms with Gasteiger partial charge in [-0.15, -0.1) is 0 Å². The Kier molecular flexibility index (Phi) is 4.58. The lowest BCUT2D eigenvalue weighted by molar-refractivity contribution is 0.0839. The molecular weight excluding hydrogens is 240 g/mol. The highest BCUT2D eigenvalue weighted by Gasteiger charge is 2.13. The highest BCUT2D eigenvalue weighted by atomic mass is 16.5. The number of aromatic nitrogens is 2. The number of hydrogen-bond acceptors (Lipinski definition) is 2. The number of nitrogens with zero attached hydrogens (tertiary/aromatic N) is 1. The first-order valence-electron chi connectivity index (χ1n) is 6.68. The van der Waals surface area contributed by atoms with Crippen molar-refractivity contribution in [2.24, 2.45) is 0 Å². The maximum absolute atomic E-state index is 11.9. The van der Waals surface area contributed by atoms with Crippen LogP contribution >= 0.6 is 0 Å². The van der Waals surface area contributed by atoms with Crippen molar-refractivity contribution in [1.29, 1.82) is 0 Å². The molecule has 4 nitrogen and oxygen atoms in total. The predicted octanol–water partition coefficient (Wildman–Crippen LogP) is 2.32. The van der Waals surface area contributed by atoms with Gasteiger partial charge >= 0.3 is 5.69 Å². The molecule has 0 fully saturated rings. The van der Waals surface area contributed by atoms with E-state index in [1.807, 2.05) is 32.0 Å². The minimum atomic E-state index is -0.0868. The Labute approximate surface area is 113 Å². The fraction of sp³-hybridized carbons (Fsp3) is 0.400. The highest BCUT2D eigenvalue weighted by molar-refractivity contribution is 5.25. The smallest absolute Gasteiger partial charge is 0.327 e. The molecule has 0 amide bonds. The normalized spacial score (nSPS) is 10.8. The summed E-state index contributed by atoms with van der Waals surface area (Å²) < 4.78 is 7.07. The quantitative estimate of drug-likeness (QED) is 0.866. The zero-order valence-corrected chi connectivity index (χ0v) is 11.5. The maximum Gasteiger partial charge on any atom is 0.327 e. The monoisotopic (exact) mass is 260 g/mol. The predicted molar refractivity (Wildman–Crippen MR) is 75.3 cm³/mol. The first-order valence-corrected chi connectivity index (χ1v) is 6.68. The van der Waals surface area contributed by atoms with E-state index in [4.69, 9.17) is 4.74 Å². The summed E-state index contributed by atoms with van der Waals surface area (Å²) in [6.45, 7) is 4.89. The molecule has 2 aromatic rings. The maximum atomic E-state index is 11.9. The van der Waals surface area contributed by atoms with Crippen molar-refractivity contribution in [3.05, 3.63) is 57.8 Å². The molecule has 0 radical (unpaired) electrons. The van der Waals surface area contributed by atoms with Gasteiger partial charge in [0.25, 0.3) is 0 Å². The van der Waals surface area contributed by atoms with Gasteiger partial charge in [0.05, 0.1) is 0 Å². The van der Waals surface area contributed by atoms with E-state index in [1.165, 1.54) is 5.56 Å². The minimum Gasteiger partial charge on any atom is -0.361 e. The van der Waals surface area contributed by atoms with Crippen LogP contribution in [0.1, 0.15) is 30.8 Å². The van der Waals surface area contributed by atoms with Crippen molar-refractivity contribution in [3.63, 3.8) is 0 Å². The Morgan fingerprint density at radius 3 is 2.58 bits per heavy atom. The van der Waals surface area contributed by atoms with Crippen LogP contribution in [-0.2, 0) is 24.3 Å². The summed E-state index contributed by atoms with van der Waals surface area (Å²) in [7, 11) is 0. The molecule has 1 aromatic carbocycles. The molecule has 1 aromatic heterocycles. The third-order valence-corrected chi connectivity index (χ3v) is 3.17. The van der Waals surface area contributed by atoms with Crippen molar-refractivity contribution < 1.29 is 4.74 Å². The van der Waals surface area contributed by atoms with E-state index in [0.29, 0.717) is 13.3 Å². The molecule has 0 unspecified atom stereocenters. The van der Waals surface area contributed by atoms with Crippen LogP contribution in [0.4, 0.5) is 0 Å². The Bertz CT molecular complexity index is 570. The molecule has 0 aliphatic rings. The molecule has 2 rings (SSSR count). The number of ether oxygens (including phenoxy) is 1. The SMILES string of the molecule is CCOCn1c(Cc2ccccc2)c(CC)[nH]c1=O. The third-order valence-electron chi connectivity index (χ3n) is 3.17. The van der Waals surface area contributed by atoms with Gasteiger partial charge in [0.15, 0.2) is 0 Å². The summed E-state index contributed by atoms with van der Waals surface area (Å²) in [4.78, 5) is 14.9. The van der Waals surface area contributed by atoms with Crippen molar-refractivity contribution in [2.45, 2.75) is 33.4 Å². The summed E-state index contributed by atoms with van der Waals surface area (Å²) in [5.41, 5.74) is 3.12. The van der Waals surface area contributed by atoms with E-state index in [0.717, 1.165) is 24.2 Å². The van der Waals surface area contributed by atoms with Crippen LogP contribution < -0.4 is 5.69 Å². The Morgan fingerprint density at radius 2 is 1.95 bits per heavy atom. The van der Waals surface area contributed by atoms with E-state index in [2.05, 4.69) is 17.1 Å². The fourth-order valence-corrected chi connectivity index (χ4v) is 2.16. The minimum absolute atomic E-state index is 0.0868. The number of aromatic amines is 1. The lowest BCUT2D eigenvalue weighted by atomic mass is 10.1. The largest absolute Gasteiger partial charge is 0.361 e. The molecule has 1 heterocycles. The van der Waals surface area contributed by atoms with Gasteiger partial charge in [-0.05, 0) is 18.9 Å². The van der Waals surface area contributed by atoms with Crippen molar-refractivity contribution in [2.75, 3.05) is 6.61 Å². The molecule has 1 N–H and O–H groups in total. The molecule has 4 heteroatoms. The fourth-order valence-electron chi connectivity index (χ4n) is 2.16. The molecule has 19 heavy (non-hydrogen) atoms. The molecule has 0 spiro atoms.